The standard InChI is InChI=1S/C11H20N2O3/c12-8-11(2-5-16-6-3-11)10(15)13-4-1-9(14)7-13/h9,14H,1-8,12H2/t9-/m1/s1. The minimum Gasteiger partial charge on any atom is -0.391 e. The highest BCUT2D eigenvalue weighted by atomic mass is 16.5. The van der Waals surface area contributed by atoms with Gasteiger partial charge < -0.3 is 20.5 Å². The molecule has 5 heteroatoms. The molecule has 0 unspecified atom stereocenters. The third-order valence-corrected chi connectivity index (χ3v) is 3.74. The first-order valence-corrected chi connectivity index (χ1v) is 5.93. The Kier molecular flexibility index (Phi) is 3.47. The first kappa shape index (κ1) is 11.8. The Hall–Kier alpha value is -0.650. The van der Waals surface area contributed by atoms with Crippen molar-refractivity contribution < 1.29 is 14.6 Å². The van der Waals surface area contributed by atoms with Gasteiger partial charge in [0.25, 0.3) is 0 Å². The van der Waals surface area contributed by atoms with E-state index in [2.05, 4.69) is 0 Å². The number of aliphatic hydroxyl groups is 1. The van der Waals surface area contributed by atoms with Gasteiger partial charge in [0, 0.05) is 32.8 Å². The summed E-state index contributed by atoms with van der Waals surface area (Å²) in [5, 5.41) is 9.45. The van der Waals surface area contributed by atoms with E-state index in [0.29, 0.717) is 52.1 Å². The third kappa shape index (κ3) is 2.07. The highest BCUT2D eigenvalue weighted by molar-refractivity contribution is 5.83. The van der Waals surface area contributed by atoms with Crippen molar-refractivity contribution in [3.8, 4) is 0 Å². The van der Waals surface area contributed by atoms with E-state index in [1.165, 1.54) is 0 Å². The Bertz CT molecular complexity index is 264. The molecular weight excluding hydrogens is 208 g/mol. The molecular formula is C11H20N2O3. The lowest BCUT2D eigenvalue weighted by Crippen LogP contribution is -2.50. The number of β-amino-alcohol motifs (C(OH)–C–C–N with tert-alkyl or cyclic N) is 1. The summed E-state index contributed by atoms with van der Waals surface area (Å²) in [6, 6.07) is 0. The van der Waals surface area contributed by atoms with E-state index in [1.807, 2.05) is 0 Å². The van der Waals surface area contributed by atoms with Crippen molar-refractivity contribution in [3.05, 3.63) is 0 Å². The van der Waals surface area contributed by atoms with E-state index in [4.69, 9.17) is 10.5 Å². The van der Waals surface area contributed by atoms with Gasteiger partial charge in [0.1, 0.15) is 0 Å². The van der Waals surface area contributed by atoms with Gasteiger partial charge >= 0.3 is 0 Å². The number of ether oxygens (including phenoxy) is 1. The summed E-state index contributed by atoms with van der Waals surface area (Å²) in [5.41, 5.74) is 5.33. The molecule has 2 heterocycles. The van der Waals surface area contributed by atoms with Crippen LogP contribution in [0.4, 0.5) is 0 Å². The molecule has 2 fully saturated rings. The van der Waals surface area contributed by atoms with Gasteiger partial charge in [-0.05, 0) is 19.3 Å². The lowest BCUT2D eigenvalue weighted by Gasteiger charge is -2.37. The highest BCUT2D eigenvalue weighted by Gasteiger charge is 2.42. The maximum Gasteiger partial charge on any atom is 0.230 e. The largest absolute Gasteiger partial charge is 0.391 e. The number of amides is 1. The van der Waals surface area contributed by atoms with Crippen LogP contribution in [0.25, 0.3) is 0 Å². The van der Waals surface area contributed by atoms with Crippen LogP contribution >= 0.6 is 0 Å². The maximum atomic E-state index is 12.4. The molecule has 5 nitrogen and oxygen atoms in total. The zero-order valence-electron chi connectivity index (χ0n) is 9.52. The van der Waals surface area contributed by atoms with Crippen molar-refractivity contribution in [2.45, 2.75) is 25.4 Å². The summed E-state index contributed by atoms with van der Waals surface area (Å²) >= 11 is 0. The SMILES string of the molecule is NCC1(C(=O)N2CC[C@@H](O)C2)CCOCC1. The zero-order chi connectivity index (χ0) is 11.6. The number of aliphatic hydroxyl groups excluding tert-OH is 1. The molecule has 2 aliphatic heterocycles. The number of likely N-dealkylation sites (tertiary alicyclic amines) is 1. The van der Waals surface area contributed by atoms with Crippen molar-refractivity contribution in [1.29, 1.82) is 0 Å². The van der Waals surface area contributed by atoms with Crippen LogP contribution in [0.3, 0.4) is 0 Å². The summed E-state index contributed by atoms with van der Waals surface area (Å²) in [6.45, 7) is 2.71. The Labute approximate surface area is 95.5 Å². The van der Waals surface area contributed by atoms with E-state index >= 15 is 0 Å². The van der Waals surface area contributed by atoms with Crippen LogP contribution in [0.5, 0.6) is 0 Å². The molecule has 0 saturated carbocycles. The number of hydrogen-bond acceptors (Lipinski definition) is 4. The van der Waals surface area contributed by atoms with Crippen LogP contribution in [0.2, 0.25) is 0 Å². The van der Waals surface area contributed by atoms with Gasteiger partial charge in [0.05, 0.1) is 11.5 Å². The van der Waals surface area contributed by atoms with Crippen LogP contribution in [0.1, 0.15) is 19.3 Å². The minimum absolute atomic E-state index is 0.106. The molecule has 0 aliphatic carbocycles. The summed E-state index contributed by atoms with van der Waals surface area (Å²) in [6.07, 6.45) is 1.73. The van der Waals surface area contributed by atoms with Gasteiger partial charge in [-0.1, -0.05) is 0 Å². The van der Waals surface area contributed by atoms with Crippen molar-refractivity contribution in [2.75, 3.05) is 32.8 Å². The molecule has 0 aromatic rings. The molecule has 0 radical (unpaired) electrons. The van der Waals surface area contributed by atoms with Gasteiger partial charge in [-0.15, -0.1) is 0 Å². The normalized spacial score (nSPS) is 29.4. The quantitative estimate of drug-likeness (QED) is 0.657. The molecule has 0 bridgehead atoms. The zero-order valence-corrected chi connectivity index (χ0v) is 9.52. The van der Waals surface area contributed by atoms with E-state index in [-0.39, 0.29) is 12.0 Å². The molecule has 2 rings (SSSR count). The van der Waals surface area contributed by atoms with Crippen molar-refractivity contribution in [2.24, 2.45) is 11.1 Å². The second kappa shape index (κ2) is 4.69. The Morgan fingerprint density at radius 3 is 2.69 bits per heavy atom. The molecule has 0 aromatic carbocycles. The number of carbonyl (C=O) groups excluding carboxylic acids is 1. The van der Waals surface area contributed by atoms with E-state index in [0.717, 1.165) is 0 Å². The molecule has 0 aromatic heterocycles. The minimum atomic E-state index is -0.442. The van der Waals surface area contributed by atoms with Crippen LogP contribution < -0.4 is 5.73 Å². The average Bonchev–Trinajstić information content (AvgIpc) is 2.76. The fourth-order valence-electron chi connectivity index (χ4n) is 2.53. The topological polar surface area (TPSA) is 75.8 Å². The summed E-state index contributed by atoms with van der Waals surface area (Å²) in [7, 11) is 0. The van der Waals surface area contributed by atoms with Crippen molar-refractivity contribution >= 4 is 5.91 Å². The molecule has 0 spiro atoms. The highest BCUT2D eigenvalue weighted by Crippen LogP contribution is 2.32. The van der Waals surface area contributed by atoms with Gasteiger partial charge in [-0.3, -0.25) is 4.79 Å². The number of hydrogen-bond donors (Lipinski definition) is 2. The molecule has 1 amide bonds. The Morgan fingerprint density at radius 2 is 2.19 bits per heavy atom. The summed E-state index contributed by atoms with van der Waals surface area (Å²) < 4.78 is 5.28. The molecule has 16 heavy (non-hydrogen) atoms. The number of carbonyl (C=O) groups is 1. The Morgan fingerprint density at radius 1 is 1.50 bits per heavy atom. The van der Waals surface area contributed by atoms with E-state index in [1.54, 1.807) is 4.90 Å². The van der Waals surface area contributed by atoms with Crippen LogP contribution in [-0.2, 0) is 9.53 Å². The molecule has 92 valence electrons. The fourth-order valence-corrected chi connectivity index (χ4v) is 2.53. The second-order valence-corrected chi connectivity index (χ2v) is 4.79. The number of nitrogens with zero attached hydrogens (tertiary/aromatic N) is 1. The smallest absolute Gasteiger partial charge is 0.230 e. The van der Waals surface area contributed by atoms with E-state index < -0.39 is 5.41 Å². The van der Waals surface area contributed by atoms with Crippen molar-refractivity contribution in [3.63, 3.8) is 0 Å². The predicted molar refractivity (Wildman–Crippen MR) is 58.7 cm³/mol. The summed E-state index contributed by atoms with van der Waals surface area (Å²) in [4.78, 5) is 14.1. The maximum absolute atomic E-state index is 12.4. The molecule has 2 aliphatic rings. The number of rotatable bonds is 2. The number of nitrogens with two attached hydrogens (primary N) is 1. The van der Waals surface area contributed by atoms with Gasteiger partial charge in [0.2, 0.25) is 5.91 Å². The first-order chi connectivity index (χ1) is 7.68. The molecule has 3 N–H and O–H groups in total. The lowest BCUT2D eigenvalue weighted by molar-refractivity contribution is -0.146. The first-order valence-electron chi connectivity index (χ1n) is 5.93. The van der Waals surface area contributed by atoms with Crippen LogP contribution in [0, 0.1) is 5.41 Å². The van der Waals surface area contributed by atoms with Gasteiger partial charge in [0.15, 0.2) is 0 Å². The fraction of sp³-hybridized carbons (Fsp3) is 0.909. The van der Waals surface area contributed by atoms with Crippen LogP contribution in [-0.4, -0.2) is 54.9 Å². The monoisotopic (exact) mass is 228 g/mol. The third-order valence-electron chi connectivity index (χ3n) is 3.74. The van der Waals surface area contributed by atoms with Crippen molar-refractivity contribution in [1.82, 2.24) is 4.90 Å². The second-order valence-electron chi connectivity index (χ2n) is 4.79. The van der Waals surface area contributed by atoms with Gasteiger partial charge in [-0.2, -0.15) is 0 Å². The average molecular weight is 228 g/mol. The Balaban J connectivity index is 2.05. The van der Waals surface area contributed by atoms with E-state index in [9.17, 15) is 9.90 Å². The molecule has 1 atom stereocenters. The van der Waals surface area contributed by atoms with Gasteiger partial charge in [-0.25, -0.2) is 0 Å². The predicted octanol–water partition coefficient (Wildman–Crippen LogP) is -0.665. The van der Waals surface area contributed by atoms with Crippen LogP contribution in [0.15, 0.2) is 0 Å². The summed E-state index contributed by atoms with van der Waals surface area (Å²) in [5.74, 6) is 0.106. The molecule has 2 saturated heterocycles. The lowest BCUT2D eigenvalue weighted by atomic mass is 9.79.